The van der Waals surface area contributed by atoms with Gasteiger partial charge < -0.3 is 9.57 Å². The van der Waals surface area contributed by atoms with E-state index in [1.807, 2.05) is 0 Å². The van der Waals surface area contributed by atoms with Gasteiger partial charge in [0.15, 0.2) is 0 Å². The lowest BCUT2D eigenvalue weighted by atomic mass is 10.3. The van der Waals surface area contributed by atoms with Crippen molar-refractivity contribution in [1.82, 2.24) is 0 Å². The van der Waals surface area contributed by atoms with Crippen molar-refractivity contribution >= 4 is 5.97 Å². The number of carbonyl (C=O) groups is 1. The summed E-state index contributed by atoms with van der Waals surface area (Å²) in [6.45, 7) is 2.06. The quantitative estimate of drug-likeness (QED) is 0.259. The highest BCUT2D eigenvalue weighted by molar-refractivity contribution is 5.68. The first-order chi connectivity index (χ1) is 6.16. The smallest absolute Gasteiger partial charge is 0.305 e. The van der Waals surface area contributed by atoms with Gasteiger partial charge in [-0.2, -0.15) is 0 Å². The first kappa shape index (κ1) is 11.7. The van der Waals surface area contributed by atoms with E-state index >= 15 is 0 Å². The van der Waals surface area contributed by atoms with Crippen LogP contribution in [0.15, 0.2) is 0 Å². The van der Waals surface area contributed by atoms with Crippen LogP contribution in [0.2, 0.25) is 0 Å². The predicted octanol–water partition coefficient (Wildman–Crippen LogP) is 0.928. The highest BCUT2D eigenvalue weighted by Crippen LogP contribution is 1.93. The van der Waals surface area contributed by atoms with Crippen molar-refractivity contribution in [3.63, 3.8) is 0 Å². The number of hydrogen-bond acceptors (Lipinski definition) is 5. The average Bonchev–Trinajstić information content (AvgIpc) is 2.10. The Morgan fingerprint density at radius 3 is 2.54 bits per heavy atom. The van der Waals surface area contributed by atoms with E-state index in [2.05, 4.69) is 4.84 Å². The van der Waals surface area contributed by atoms with Crippen molar-refractivity contribution in [2.24, 2.45) is 0 Å². The van der Waals surface area contributed by atoms with E-state index < -0.39 is 5.09 Å². The first-order valence-corrected chi connectivity index (χ1v) is 4.09. The number of rotatable bonds is 7. The summed E-state index contributed by atoms with van der Waals surface area (Å²) in [7, 11) is 0. The maximum atomic E-state index is 10.6. The normalized spacial score (nSPS) is 9.31. The molecular formula is C7H13NO5. The van der Waals surface area contributed by atoms with Gasteiger partial charge in [-0.05, 0) is 12.8 Å². The number of ether oxygens (including phenoxy) is 1. The van der Waals surface area contributed by atoms with Gasteiger partial charge in [-0.3, -0.25) is 4.79 Å². The van der Waals surface area contributed by atoms with E-state index in [1.165, 1.54) is 0 Å². The molecule has 13 heavy (non-hydrogen) atoms. The predicted molar refractivity (Wildman–Crippen MR) is 43.4 cm³/mol. The summed E-state index contributed by atoms with van der Waals surface area (Å²) in [5.41, 5.74) is 0. The topological polar surface area (TPSA) is 78.7 Å². The summed E-state index contributed by atoms with van der Waals surface area (Å²) in [6, 6.07) is 0. The third-order valence-corrected chi connectivity index (χ3v) is 1.29. The average molecular weight is 191 g/mol. The van der Waals surface area contributed by atoms with E-state index in [0.29, 0.717) is 25.9 Å². The third-order valence-electron chi connectivity index (χ3n) is 1.29. The number of nitrogens with zero attached hydrogens (tertiary/aromatic N) is 1. The molecule has 0 aliphatic rings. The molecule has 0 bridgehead atoms. The number of esters is 1. The van der Waals surface area contributed by atoms with Crippen LogP contribution in [0.4, 0.5) is 0 Å². The van der Waals surface area contributed by atoms with Crippen molar-refractivity contribution < 1.29 is 19.5 Å². The standard InChI is InChI=1S/C7H13NO5/c1-2-7(9)12-5-3-4-6-13-8(10)11/h2-6H2,1H3. The third kappa shape index (κ3) is 8.58. The molecule has 76 valence electrons. The van der Waals surface area contributed by atoms with Crippen molar-refractivity contribution in [3.05, 3.63) is 10.1 Å². The fraction of sp³-hybridized carbons (Fsp3) is 0.857. The van der Waals surface area contributed by atoms with E-state index in [1.54, 1.807) is 6.92 Å². The molecule has 0 fully saturated rings. The van der Waals surface area contributed by atoms with Crippen LogP contribution in [0.1, 0.15) is 26.2 Å². The molecule has 0 heterocycles. The summed E-state index contributed by atoms with van der Waals surface area (Å²) in [6.07, 6.45) is 1.45. The lowest BCUT2D eigenvalue weighted by Crippen LogP contribution is -2.06. The van der Waals surface area contributed by atoms with E-state index in [9.17, 15) is 14.9 Å². The monoisotopic (exact) mass is 191 g/mol. The van der Waals surface area contributed by atoms with Crippen molar-refractivity contribution in [3.8, 4) is 0 Å². The van der Waals surface area contributed by atoms with Gasteiger partial charge in [0.2, 0.25) is 0 Å². The Morgan fingerprint density at radius 1 is 1.38 bits per heavy atom. The zero-order valence-electron chi connectivity index (χ0n) is 7.52. The minimum absolute atomic E-state index is 0.0523. The van der Waals surface area contributed by atoms with Gasteiger partial charge in [0.25, 0.3) is 5.09 Å². The molecule has 0 rings (SSSR count). The molecular weight excluding hydrogens is 178 g/mol. The van der Waals surface area contributed by atoms with Gasteiger partial charge in [0, 0.05) is 6.42 Å². The Hall–Kier alpha value is -1.33. The molecule has 0 aliphatic carbocycles. The minimum atomic E-state index is -0.835. The molecule has 0 unspecified atom stereocenters. The summed E-state index contributed by atoms with van der Waals surface area (Å²) in [5, 5.41) is 8.85. The van der Waals surface area contributed by atoms with Crippen LogP contribution in [0.5, 0.6) is 0 Å². The molecule has 0 N–H and O–H groups in total. The Kier molecular flexibility index (Phi) is 6.58. The fourth-order valence-corrected chi connectivity index (χ4v) is 0.631. The fourth-order valence-electron chi connectivity index (χ4n) is 0.631. The second kappa shape index (κ2) is 7.33. The molecule has 0 atom stereocenters. The van der Waals surface area contributed by atoms with Gasteiger partial charge in [0.05, 0.1) is 13.2 Å². The number of unbranched alkanes of at least 4 members (excludes halogenated alkanes) is 1. The van der Waals surface area contributed by atoms with Gasteiger partial charge >= 0.3 is 5.97 Å². The number of hydrogen-bond donors (Lipinski definition) is 0. The summed E-state index contributed by atoms with van der Waals surface area (Å²) >= 11 is 0. The van der Waals surface area contributed by atoms with Gasteiger partial charge in [0.1, 0.15) is 0 Å². The van der Waals surface area contributed by atoms with Crippen LogP contribution < -0.4 is 0 Å². The lowest BCUT2D eigenvalue weighted by molar-refractivity contribution is -0.757. The molecule has 0 radical (unpaired) electrons. The van der Waals surface area contributed by atoms with Crippen molar-refractivity contribution in [1.29, 1.82) is 0 Å². The molecule has 0 saturated carbocycles. The molecule has 0 aromatic carbocycles. The Balaban J connectivity index is 3.08. The van der Waals surface area contributed by atoms with Gasteiger partial charge in [-0.1, -0.05) is 6.92 Å². The summed E-state index contributed by atoms with van der Waals surface area (Å²) in [4.78, 5) is 24.3. The van der Waals surface area contributed by atoms with Gasteiger partial charge in [-0.25, -0.2) is 0 Å². The van der Waals surface area contributed by atoms with Crippen LogP contribution in [0.25, 0.3) is 0 Å². The van der Waals surface area contributed by atoms with Crippen LogP contribution >= 0.6 is 0 Å². The van der Waals surface area contributed by atoms with Crippen molar-refractivity contribution in [2.75, 3.05) is 13.2 Å². The maximum absolute atomic E-state index is 10.6. The molecule has 0 aromatic heterocycles. The molecule has 0 saturated heterocycles. The molecule has 0 aliphatic heterocycles. The van der Waals surface area contributed by atoms with Crippen molar-refractivity contribution in [2.45, 2.75) is 26.2 Å². The summed E-state index contributed by atoms with van der Waals surface area (Å²) in [5.74, 6) is -0.254. The van der Waals surface area contributed by atoms with Crippen LogP contribution in [-0.4, -0.2) is 24.3 Å². The number of carbonyl (C=O) groups excluding carboxylic acids is 1. The molecule has 6 heteroatoms. The second-order valence-corrected chi connectivity index (χ2v) is 2.34. The largest absolute Gasteiger partial charge is 0.466 e. The minimum Gasteiger partial charge on any atom is -0.466 e. The molecule has 0 spiro atoms. The second-order valence-electron chi connectivity index (χ2n) is 2.34. The lowest BCUT2D eigenvalue weighted by Gasteiger charge is -2.01. The van der Waals surface area contributed by atoms with E-state index in [-0.39, 0.29) is 12.6 Å². The van der Waals surface area contributed by atoms with E-state index in [0.717, 1.165) is 0 Å². The zero-order valence-corrected chi connectivity index (χ0v) is 7.52. The summed E-state index contributed by atoms with van der Waals surface area (Å²) < 4.78 is 4.73. The molecule has 0 aromatic rings. The van der Waals surface area contributed by atoms with Crippen LogP contribution in [0, 0.1) is 10.1 Å². The van der Waals surface area contributed by atoms with Crippen LogP contribution in [-0.2, 0) is 14.4 Å². The highest BCUT2D eigenvalue weighted by atomic mass is 16.9. The zero-order chi connectivity index (χ0) is 10.1. The highest BCUT2D eigenvalue weighted by Gasteiger charge is 1.98. The Morgan fingerprint density at radius 2 is 2.00 bits per heavy atom. The maximum Gasteiger partial charge on any atom is 0.305 e. The van der Waals surface area contributed by atoms with Gasteiger partial charge in [-0.15, -0.1) is 10.1 Å². The molecule has 0 amide bonds. The SMILES string of the molecule is CCC(=O)OCCCCO[N+](=O)[O-]. The van der Waals surface area contributed by atoms with E-state index in [4.69, 9.17) is 4.74 Å². The Bertz CT molecular complexity index is 170. The first-order valence-electron chi connectivity index (χ1n) is 4.09. The molecule has 6 nitrogen and oxygen atoms in total. The Labute approximate surface area is 75.9 Å². The van der Waals surface area contributed by atoms with Crippen LogP contribution in [0.3, 0.4) is 0 Å².